The predicted octanol–water partition coefficient (Wildman–Crippen LogP) is 3.16. The summed E-state index contributed by atoms with van der Waals surface area (Å²) >= 11 is 6.52. The number of rotatable bonds is 4. The lowest BCUT2D eigenvalue weighted by molar-refractivity contribution is 0.427. The maximum atomic E-state index is 6.68. The van der Waals surface area contributed by atoms with Gasteiger partial charge in [-0.05, 0) is 37.3 Å². The number of nitrogens with two attached hydrogens (primary N) is 1. The summed E-state index contributed by atoms with van der Waals surface area (Å²) in [5.41, 5.74) is 11.2. The minimum atomic E-state index is -0.245. The van der Waals surface area contributed by atoms with Crippen LogP contribution < -0.4 is 5.73 Å². The van der Waals surface area contributed by atoms with Crippen LogP contribution in [-0.4, -0.2) is 15.3 Å². The average molecular weight is 304 g/mol. The molecule has 0 unspecified atom stereocenters. The van der Waals surface area contributed by atoms with Crippen LogP contribution in [0.4, 0.5) is 0 Å². The molecule has 0 saturated carbocycles. The van der Waals surface area contributed by atoms with E-state index in [0.29, 0.717) is 0 Å². The molecule has 3 rings (SSSR count). The number of halogens is 1. The van der Waals surface area contributed by atoms with Crippen molar-refractivity contribution in [3.8, 4) is 0 Å². The molecule has 3 nitrogen and oxygen atoms in total. The molecule has 21 heavy (non-hydrogen) atoms. The minimum Gasteiger partial charge on any atom is -0.324 e. The van der Waals surface area contributed by atoms with E-state index >= 15 is 0 Å². The van der Waals surface area contributed by atoms with Gasteiger partial charge < -0.3 is 5.73 Å². The highest BCUT2D eigenvalue weighted by Gasteiger charge is 2.35. The van der Waals surface area contributed by atoms with Gasteiger partial charge in [-0.25, -0.2) is 0 Å². The van der Waals surface area contributed by atoms with E-state index in [9.17, 15) is 0 Å². The fourth-order valence-electron chi connectivity index (χ4n) is 3.37. The number of aromatic nitrogens is 2. The molecule has 1 aliphatic rings. The Kier molecular flexibility index (Phi) is 3.80. The quantitative estimate of drug-likeness (QED) is 0.943. The Hall–Kier alpha value is -1.32. The first-order valence-corrected chi connectivity index (χ1v) is 8.04. The molecule has 0 aliphatic heterocycles. The topological polar surface area (TPSA) is 43.8 Å². The van der Waals surface area contributed by atoms with E-state index in [-0.39, 0.29) is 5.54 Å². The standard InChI is InChI=1S/C17H22ClN3/c1-3-14-16(18)15(21(4-2)20-14)11-17(19)9-12-7-5-6-8-13(12)10-17/h5-8H,3-4,9-11,19H2,1-2H3. The van der Waals surface area contributed by atoms with Gasteiger partial charge in [-0.1, -0.05) is 42.8 Å². The van der Waals surface area contributed by atoms with Crippen molar-refractivity contribution in [2.24, 2.45) is 5.73 Å². The highest BCUT2D eigenvalue weighted by Crippen LogP contribution is 2.33. The Morgan fingerprint density at radius 2 is 1.86 bits per heavy atom. The van der Waals surface area contributed by atoms with Crippen LogP contribution in [0.3, 0.4) is 0 Å². The highest BCUT2D eigenvalue weighted by atomic mass is 35.5. The summed E-state index contributed by atoms with van der Waals surface area (Å²) in [5, 5.41) is 5.40. The zero-order chi connectivity index (χ0) is 15.0. The van der Waals surface area contributed by atoms with Crippen molar-refractivity contribution in [3.63, 3.8) is 0 Å². The molecule has 0 fully saturated rings. The molecule has 1 aromatic heterocycles. The smallest absolute Gasteiger partial charge is 0.0850 e. The fraction of sp³-hybridized carbons (Fsp3) is 0.471. The lowest BCUT2D eigenvalue weighted by Gasteiger charge is -2.24. The van der Waals surface area contributed by atoms with Crippen LogP contribution in [0.5, 0.6) is 0 Å². The molecular weight excluding hydrogens is 282 g/mol. The van der Waals surface area contributed by atoms with Crippen molar-refractivity contribution >= 4 is 11.6 Å². The minimum absolute atomic E-state index is 0.245. The van der Waals surface area contributed by atoms with Crippen molar-refractivity contribution in [1.29, 1.82) is 0 Å². The molecule has 2 aromatic rings. The van der Waals surface area contributed by atoms with E-state index in [2.05, 4.69) is 43.2 Å². The molecule has 0 radical (unpaired) electrons. The van der Waals surface area contributed by atoms with Crippen LogP contribution in [-0.2, 0) is 32.2 Å². The van der Waals surface area contributed by atoms with Gasteiger partial charge in [0.2, 0.25) is 0 Å². The van der Waals surface area contributed by atoms with Gasteiger partial charge in [0.15, 0.2) is 0 Å². The van der Waals surface area contributed by atoms with Crippen LogP contribution in [0.15, 0.2) is 24.3 Å². The summed E-state index contributed by atoms with van der Waals surface area (Å²) in [7, 11) is 0. The third-order valence-electron chi connectivity index (χ3n) is 4.42. The molecule has 0 amide bonds. The van der Waals surface area contributed by atoms with Gasteiger partial charge >= 0.3 is 0 Å². The van der Waals surface area contributed by atoms with Crippen molar-refractivity contribution in [2.75, 3.05) is 0 Å². The summed E-state index contributed by atoms with van der Waals surface area (Å²) in [6, 6.07) is 8.53. The molecule has 1 aromatic carbocycles. The van der Waals surface area contributed by atoms with Gasteiger partial charge in [0, 0.05) is 18.5 Å². The average Bonchev–Trinajstić information content (AvgIpc) is 2.96. The largest absolute Gasteiger partial charge is 0.324 e. The Labute approximate surface area is 131 Å². The molecule has 0 spiro atoms. The van der Waals surface area contributed by atoms with Gasteiger partial charge in [0.05, 0.1) is 16.4 Å². The van der Waals surface area contributed by atoms with Crippen LogP contribution >= 0.6 is 11.6 Å². The van der Waals surface area contributed by atoms with E-state index in [1.54, 1.807) is 0 Å². The molecule has 112 valence electrons. The third kappa shape index (κ3) is 2.60. The summed E-state index contributed by atoms with van der Waals surface area (Å²) in [6.07, 6.45) is 3.46. The Bertz CT molecular complexity index is 635. The summed E-state index contributed by atoms with van der Waals surface area (Å²) in [5.74, 6) is 0. The number of hydrogen-bond donors (Lipinski definition) is 1. The first-order chi connectivity index (χ1) is 10.1. The number of nitrogens with zero attached hydrogens (tertiary/aromatic N) is 2. The summed E-state index contributed by atoms with van der Waals surface area (Å²) in [6.45, 7) is 5.01. The molecule has 2 N–H and O–H groups in total. The van der Waals surface area contributed by atoms with Crippen LogP contribution in [0.25, 0.3) is 0 Å². The second-order valence-electron chi connectivity index (χ2n) is 6.04. The zero-order valence-corrected chi connectivity index (χ0v) is 13.5. The lowest BCUT2D eigenvalue weighted by Crippen LogP contribution is -2.43. The second-order valence-corrected chi connectivity index (χ2v) is 6.42. The first-order valence-electron chi connectivity index (χ1n) is 7.66. The van der Waals surface area contributed by atoms with Crippen molar-refractivity contribution < 1.29 is 0 Å². The molecule has 0 saturated heterocycles. The first kappa shape index (κ1) is 14.6. The SMILES string of the molecule is CCc1nn(CC)c(CC2(N)Cc3ccccc3C2)c1Cl. The van der Waals surface area contributed by atoms with Crippen LogP contribution in [0, 0.1) is 0 Å². The second kappa shape index (κ2) is 5.47. The molecule has 0 atom stereocenters. The molecule has 0 bridgehead atoms. The molecule has 1 aliphatic carbocycles. The summed E-state index contributed by atoms with van der Waals surface area (Å²) in [4.78, 5) is 0. The van der Waals surface area contributed by atoms with E-state index < -0.39 is 0 Å². The van der Waals surface area contributed by atoms with E-state index in [0.717, 1.165) is 48.6 Å². The molecule has 4 heteroatoms. The Morgan fingerprint density at radius 1 is 1.24 bits per heavy atom. The van der Waals surface area contributed by atoms with E-state index in [4.69, 9.17) is 17.3 Å². The fourth-order valence-corrected chi connectivity index (χ4v) is 3.70. The van der Waals surface area contributed by atoms with Crippen molar-refractivity contribution in [3.05, 3.63) is 51.8 Å². The van der Waals surface area contributed by atoms with E-state index in [1.807, 2.05) is 4.68 Å². The van der Waals surface area contributed by atoms with Gasteiger partial charge in [-0.2, -0.15) is 5.10 Å². The Morgan fingerprint density at radius 3 is 2.38 bits per heavy atom. The van der Waals surface area contributed by atoms with Gasteiger partial charge in [-0.15, -0.1) is 0 Å². The maximum absolute atomic E-state index is 6.68. The number of hydrogen-bond acceptors (Lipinski definition) is 2. The van der Waals surface area contributed by atoms with E-state index in [1.165, 1.54) is 11.1 Å². The third-order valence-corrected chi connectivity index (χ3v) is 4.85. The number of fused-ring (bicyclic) bond motifs is 1. The maximum Gasteiger partial charge on any atom is 0.0850 e. The number of aryl methyl sites for hydroxylation is 2. The summed E-state index contributed by atoms with van der Waals surface area (Å²) < 4.78 is 2.01. The Balaban J connectivity index is 1.90. The highest BCUT2D eigenvalue weighted by molar-refractivity contribution is 6.31. The number of benzene rings is 1. The lowest BCUT2D eigenvalue weighted by atomic mass is 9.91. The van der Waals surface area contributed by atoms with Crippen LogP contribution in [0.2, 0.25) is 5.02 Å². The monoisotopic (exact) mass is 303 g/mol. The van der Waals surface area contributed by atoms with Crippen molar-refractivity contribution in [1.82, 2.24) is 9.78 Å². The van der Waals surface area contributed by atoms with Crippen molar-refractivity contribution in [2.45, 2.75) is 51.6 Å². The predicted molar refractivity (Wildman–Crippen MR) is 86.8 cm³/mol. The molecule has 1 heterocycles. The van der Waals surface area contributed by atoms with Gasteiger partial charge in [-0.3, -0.25) is 4.68 Å². The molecular formula is C17H22ClN3. The normalized spacial score (nSPS) is 16.2. The van der Waals surface area contributed by atoms with Gasteiger partial charge in [0.25, 0.3) is 0 Å². The van der Waals surface area contributed by atoms with Crippen LogP contribution in [0.1, 0.15) is 36.4 Å². The van der Waals surface area contributed by atoms with Gasteiger partial charge in [0.1, 0.15) is 0 Å². The zero-order valence-electron chi connectivity index (χ0n) is 12.7.